The van der Waals surface area contributed by atoms with Gasteiger partial charge in [0, 0.05) is 13.1 Å². The first-order valence-corrected chi connectivity index (χ1v) is 12.7. The van der Waals surface area contributed by atoms with Crippen molar-refractivity contribution in [1.29, 1.82) is 0 Å². The topological polar surface area (TPSA) is 112 Å². The van der Waals surface area contributed by atoms with E-state index in [9.17, 15) is 18.3 Å². The van der Waals surface area contributed by atoms with Crippen LogP contribution in [0.2, 0.25) is 0 Å². The van der Waals surface area contributed by atoms with Gasteiger partial charge in [0.25, 0.3) is 0 Å². The van der Waals surface area contributed by atoms with Crippen LogP contribution >= 0.6 is 23.5 Å². The Hall–Kier alpha value is -1.27. The number of aliphatic hydroxyl groups is 1. The van der Waals surface area contributed by atoms with E-state index in [1.807, 2.05) is 6.26 Å². The van der Waals surface area contributed by atoms with E-state index in [2.05, 4.69) is 14.1 Å². The second-order valence-corrected chi connectivity index (χ2v) is 10.2. The Morgan fingerprint density at radius 2 is 2.29 bits per heavy atom. The van der Waals surface area contributed by atoms with E-state index in [1.165, 1.54) is 10.4 Å². The number of sulfonamides is 1. The maximum atomic E-state index is 13.2. The number of carbonyl (C=O) groups is 1. The molecule has 0 spiro atoms. The van der Waals surface area contributed by atoms with Crippen LogP contribution in [0.25, 0.3) is 11.0 Å². The Kier molecular flexibility index (Phi) is 7.26. The zero-order valence-corrected chi connectivity index (χ0v) is 18.0. The normalized spacial score (nSPS) is 19.6. The highest BCUT2D eigenvalue weighted by Crippen LogP contribution is 2.28. The fourth-order valence-electron chi connectivity index (χ4n) is 3.29. The minimum Gasteiger partial charge on any atom is -0.394 e. The zero-order chi connectivity index (χ0) is 20.1. The van der Waals surface area contributed by atoms with Crippen LogP contribution in [0, 0.1) is 5.92 Å². The monoisotopic (exact) mass is 444 g/mol. The Morgan fingerprint density at radius 1 is 1.46 bits per heavy atom. The van der Waals surface area contributed by atoms with E-state index in [4.69, 9.17) is 0 Å². The second kappa shape index (κ2) is 9.49. The molecule has 1 amide bonds. The summed E-state index contributed by atoms with van der Waals surface area (Å²) in [6.07, 6.45) is 3.88. The summed E-state index contributed by atoms with van der Waals surface area (Å²) in [5.74, 6) is 0.204. The van der Waals surface area contributed by atoms with Gasteiger partial charge in [-0.3, -0.25) is 4.79 Å². The Bertz CT molecular complexity index is 918. The molecule has 0 unspecified atom stereocenters. The summed E-state index contributed by atoms with van der Waals surface area (Å²) in [4.78, 5) is 12.8. The predicted molar refractivity (Wildman–Crippen MR) is 111 cm³/mol. The van der Waals surface area contributed by atoms with Crippen LogP contribution in [-0.4, -0.2) is 70.2 Å². The van der Waals surface area contributed by atoms with Crippen LogP contribution in [0.1, 0.15) is 19.3 Å². The molecule has 0 saturated carbocycles. The molecular formula is C17H24N4O4S3. The summed E-state index contributed by atoms with van der Waals surface area (Å²) < 4.78 is 36.0. The summed E-state index contributed by atoms with van der Waals surface area (Å²) in [5, 5.41) is 12.3. The molecule has 0 bridgehead atoms. The summed E-state index contributed by atoms with van der Waals surface area (Å²) in [5.41, 5.74) is 0.924. The third-order valence-electron chi connectivity index (χ3n) is 4.86. The lowest BCUT2D eigenvalue weighted by atomic mass is 9.98. The van der Waals surface area contributed by atoms with E-state index >= 15 is 0 Å². The van der Waals surface area contributed by atoms with Gasteiger partial charge in [0.2, 0.25) is 15.9 Å². The summed E-state index contributed by atoms with van der Waals surface area (Å²) >= 11 is 2.63. The third-order valence-corrected chi connectivity index (χ3v) is 7.94. The SMILES string of the molecule is CSCC[C@@H](CO)NC(=O)[C@H]1CCCN(S(=O)(=O)c2cccc3nsnc23)C1. The van der Waals surface area contributed by atoms with Crippen LogP contribution in [0.15, 0.2) is 23.1 Å². The number of amides is 1. The van der Waals surface area contributed by atoms with Gasteiger partial charge in [-0.25, -0.2) is 8.42 Å². The van der Waals surface area contributed by atoms with Crippen LogP contribution in [-0.2, 0) is 14.8 Å². The lowest BCUT2D eigenvalue weighted by Gasteiger charge is -2.32. The number of aromatic nitrogens is 2. The smallest absolute Gasteiger partial charge is 0.245 e. The Labute approximate surface area is 173 Å². The molecule has 2 aromatic rings. The maximum Gasteiger partial charge on any atom is 0.245 e. The number of fused-ring (bicyclic) bond motifs is 1. The molecule has 28 heavy (non-hydrogen) atoms. The van der Waals surface area contributed by atoms with E-state index in [-0.39, 0.29) is 30.0 Å². The highest BCUT2D eigenvalue weighted by Gasteiger charge is 2.35. The molecule has 1 fully saturated rings. The molecule has 1 aromatic carbocycles. The number of piperidine rings is 1. The van der Waals surface area contributed by atoms with Gasteiger partial charge in [-0.1, -0.05) is 6.07 Å². The molecule has 0 aliphatic carbocycles. The van der Waals surface area contributed by atoms with Crippen molar-refractivity contribution in [2.75, 3.05) is 31.7 Å². The zero-order valence-electron chi connectivity index (χ0n) is 15.6. The van der Waals surface area contributed by atoms with Crippen molar-refractivity contribution in [3.05, 3.63) is 18.2 Å². The lowest BCUT2D eigenvalue weighted by molar-refractivity contribution is -0.127. The summed E-state index contributed by atoms with van der Waals surface area (Å²) in [6.45, 7) is 0.374. The van der Waals surface area contributed by atoms with Crippen molar-refractivity contribution in [3.8, 4) is 0 Å². The first-order valence-electron chi connectivity index (χ1n) is 9.09. The third kappa shape index (κ3) is 4.65. The van der Waals surface area contributed by atoms with Gasteiger partial charge in [0.15, 0.2) is 0 Å². The molecule has 2 heterocycles. The van der Waals surface area contributed by atoms with Crippen molar-refractivity contribution < 1.29 is 18.3 Å². The molecule has 1 aromatic heterocycles. The summed E-state index contributed by atoms with van der Waals surface area (Å²) in [7, 11) is -3.77. The Balaban J connectivity index is 1.73. The minimum absolute atomic E-state index is 0.125. The van der Waals surface area contributed by atoms with Gasteiger partial charge in [-0.2, -0.15) is 24.8 Å². The van der Waals surface area contributed by atoms with Crippen molar-refractivity contribution in [1.82, 2.24) is 18.4 Å². The molecule has 2 atom stereocenters. The molecule has 1 aliphatic heterocycles. The number of aliphatic hydroxyl groups excluding tert-OH is 1. The van der Waals surface area contributed by atoms with Crippen LogP contribution in [0.4, 0.5) is 0 Å². The fraction of sp³-hybridized carbons (Fsp3) is 0.588. The number of hydrogen-bond donors (Lipinski definition) is 2. The van der Waals surface area contributed by atoms with Crippen LogP contribution < -0.4 is 5.32 Å². The molecule has 1 saturated heterocycles. The van der Waals surface area contributed by atoms with Gasteiger partial charge in [0.1, 0.15) is 15.9 Å². The minimum atomic E-state index is -3.77. The van der Waals surface area contributed by atoms with Crippen molar-refractivity contribution >= 4 is 50.5 Å². The van der Waals surface area contributed by atoms with Gasteiger partial charge in [-0.05, 0) is 43.4 Å². The molecule has 2 N–H and O–H groups in total. The van der Waals surface area contributed by atoms with Gasteiger partial charge >= 0.3 is 0 Å². The standard InChI is InChI=1S/C17H24N4O4S3/c1-26-9-7-13(11-22)18-17(23)12-4-3-8-21(10-12)28(24,25)15-6-2-5-14-16(15)20-27-19-14/h2,5-6,12-13,22H,3-4,7-11H2,1H3,(H,18,23)/t12-,13-/m0/s1. The maximum absolute atomic E-state index is 13.2. The molecule has 0 radical (unpaired) electrons. The molecular weight excluding hydrogens is 420 g/mol. The van der Waals surface area contributed by atoms with Gasteiger partial charge in [0.05, 0.1) is 30.3 Å². The van der Waals surface area contributed by atoms with Crippen molar-refractivity contribution in [2.24, 2.45) is 5.92 Å². The second-order valence-electron chi connectivity index (χ2n) is 6.76. The van der Waals surface area contributed by atoms with Crippen molar-refractivity contribution in [3.63, 3.8) is 0 Å². The van der Waals surface area contributed by atoms with Gasteiger partial charge in [-0.15, -0.1) is 0 Å². The Morgan fingerprint density at radius 3 is 3.04 bits per heavy atom. The highest BCUT2D eigenvalue weighted by molar-refractivity contribution is 7.98. The number of nitrogens with one attached hydrogen (secondary N) is 1. The molecule has 1 aliphatic rings. The van der Waals surface area contributed by atoms with E-state index in [0.29, 0.717) is 36.8 Å². The van der Waals surface area contributed by atoms with E-state index in [0.717, 1.165) is 17.5 Å². The summed E-state index contributed by atoms with van der Waals surface area (Å²) in [6, 6.07) is 4.62. The number of nitrogens with zero attached hydrogens (tertiary/aromatic N) is 3. The largest absolute Gasteiger partial charge is 0.394 e. The average Bonchev–Trinajstić information content (AvgIpc) is 3.19. The number of hydrogen-bond acceptors (Lipinski definition) is 8. The fourth-order valence-corrected chi connectivity index (χ4v) is 6.09. The molecule has 8 nitrogen and oxygen atoms in total. The average molecular weight is 445 g/mol. The number of benzene rings is 1. The highest BCUT2D eigenvalue weighted by atomic mass is 32.2. The van der Waals surface area contributed by atoms with Crippen LogP contribution in [0.5, 0.6) is 0 Å². The first-order chi connectivity index (χ1) is 13.5. The van der Waals surface area contributed by atoms with E-state index < -0.39 is 15.9 Å². The molecule has 154 valence electrons. The molecule has 11 heteroatoms. The number of rotatable bonds is 8. The molecule has 3 rings (SSSR count). The van der Waals surface area contributed by atoms with E-state index in [1.54, 1.807) is 23.9 Å². The van der Waals surface area contributed by atoms with Crippen LogP contribution in [0.3, 0.4) is 0 Å². The quantitative estimate of drug-likeness (QED) is 0.631. The predicted octanol–water partition coefficient (Wildman–Crippen LogP) is 1.32. The first kappa shape index (κ1) is 21.4. The lowest BCUT2D eigenvalue weighted by Crippen LogP contribution is -2.48. The van der Waals surface area contributed by atoms with Crippen molar-refractivity contribution in [2.45, 2.75) is 30.2 Å². The number of thioether (sulfide) groups is 1. The number of carbonyl (C=O) groups excluding carboxylic acids is 1. The van der Waals surface area contributed by atoms with Gasteiger partial charge < -0.3 is 10.4 Å².